The number of aromatic amines is 1. The van der Waals surface area contributed by atoms with Gasteiger partial charge in [0.25, 0.3) is 5.91 Å². The molecule has 0 fully saturated rings. The number of carbonyl (C=O) groups excluding carboxylic acids is 1. The van der Waals surface area contributed by atoms with Gasteiger partial charge in [0.1, 0.15) is 0 Å². The lowest BCUT2D eigenvalue weighted by Crippen LogP contribution is -2.25. The highest BCUT2D eigenvalue weighted by molar-refractivity contribution is 6.07. The zero-order valence-electron chi connectivity index (χ0n) is 13.1. The van der Waals surface area contributed by atoms with E-state index in [9.17, 15) is 4.79 Å². The Bertz CT molecular complexity index is 777. The molecule has 1 aromatic carbocycles. The third-order valence-electron chi connectivity index (χ3n) is 3.80. The molecule has 2 heterocycles. The number of carbonyl (C=O) groups is 1. The second kappa shape index (κ2) is 7.11. The largest absolute Gasteiger partial charge is 0.383 e. The van der Waals surface area contributed by atoms with E-state index in [-0.39, 0.29) is 5.91 Å². The maximum atomic E-state index is 12.5. The Balaban J connectivity index is 1.74. The van der Waals surface area contributed by atoms with Crippen LogP contribution in [0.25, 0.3) is 10.9 Å². The second-order valence-electron chi connectivity index (χ2n) is 5.33. The Hall–Kier alpha value is -2.60. The van der Waals surface area contributed by atoms with E-state index in [2.05, 4.69) is 19.9 Å². The number of hydrogen-bond donors (Lipinski definition) is 2. The molecule has 0 spiro atoms. The van der Waals surface area contributed by atoms with Crippen LogP contribution < -0.4 is 5.32 Å². The molecule has 0 aliphatic rings. The summed E-state index contributed by atoms with van der Waals surface area (Å²) in [7, 11) is 1.68. The molecule has 3 aromatic rings. The van der Waals surface area contributed by atoms with Gasteiger partial charge in [-0.15, -0.1) is 0 Å². The van der Waals surface area contributed by atoms with Crippen molar-refractivity contribution in [1.29, 1.82) is 0 Å². The SMILES string of the molecule is COCCn1cc(C(=O)NCCc2cnc[nH]2)c2ccccc21. The molecule has 0 aliphatic heterocycles. The summed E-state index contributed by atoms with van der Waals surface area (Å²) in [4.78, 5) is 19.5. The number of methoxy groups -OCH3 is 1. The van der Waals surface area contributed by atoms with Crippen molar-refractivity contribution in [2.75, 3.05) is 20.3 Å². The number of benzene rings is 1. The van der Waals surface area contributed by atoms with Crippen LogP contribution in [-0.2, 0) is 17.7 Å². The highest BCUT2D eigenvalue weighted by Gasteiger charge is 2.14. The van der Waals surface area contributed by atoms with Gasteiger partial charge in [-0.3, -0.25) is 4.79 Å². The molecular weight excluding hydrogens is 292 g/mol. The molecular formula is C17H20N4O2. The lowest BCUT2D eigenvalue weighted by molar-refractivity contribution is 0.0955. The van der Waals surface area contributed by atoms with Crippen LogP contribution in [0, 0.1) is 0 Å². The van der Waals surface area contributed by atoms with E-state index < -0.39 is 0 Å². The van der Waals surface area contributed by atoms with Gasteiger partial charge < -0.3 is 19.6 Å². The van der Waals surface area contributed by atoms with E-state index >= 15 is 0 Å². The number of ether oxygens (including phenoxy) is 1. The van der Waals surface area contributed by atoms with Crippen molar-refractivity contribution in [2.24, 2.45) is 0 Å². The molecule has 1 amide bonds. The summed E-state index contributed by atoms with van der Waals surface area (Å²) in [5.74, 6) is -0.0584. The van der Waals surface area contributed by atoms with Crippen molar-refractivity contribution < 1.29 is 9.53 Å². The molecule has 2 aromatic heterocycles. The van der Waals surface area contributed by atoms with Gasteiger partial charge in [0.15, 0.2) is 0 Å². The first-order valence-corrected chi connectivity index (χ1v) is 7.62. The van der Waals surface area contributed by atoms with Crippen LogP contribution in [-0.4, -0.2) is 40.7 Å². The van der Waals surface area contributed by atoms with E-state index in [0.717, 1.165) is 29.6 Å². The molecule has 0 saturated carbocycles. The van der Waals surface area contributed by atoms with E-state index in [1.165, 1.54) is 0 Å². The van der Waals surface area contributed by atoms with Crippen LogP contribution in [0.2, 0.25) is 0 Å². The molecule has 23 heavy (non-hydrogen) atoms. The number of rotatable bonds is 7. The molecule has 6 heteroatoms. The molecule has 6 nitrogen and oxygen atoms in total. The standard InChI is InChI=1S/C17H20N4O2/c1-23-9-8-21-11-15(14-4-2-3-5-16(14)21)17(22)19-7-6-13-10-18-12-20-13/h2-5,10-12H,6-9H2,1H3,(H,18,20)(H,19,22). The van der Waals surface area contributed by atoms with Gasteiger partial charge in [0.2, 0.25) is 0 Å². The number of nitrogens with one attached hydrogen (secondary N) is 2. The summed E-state index contributed by atoms with van der Waals surface area (Å²) < 4.78 is 7.20. The zero-order valence-corrected chi connectivity index (χ0v) is 13.1. The Labute approximate surface area is 134 Å². The average Bonchev–Trinajstić information content (AvgIpc) is 3.20. The number of H-pyrrole nitrogens is 1. The fraction of sp³-hybridized carbons (Fsp3) is 0.294. The van der Waals surface area contributed by atoms with Crippen LogP contribution in [0.3, 0.4) is 0 Å². The molecule has 0 unspecified atom stereocenters. The average molecular weight is 312 g/mol. The Morgan fingerprint density at radius 3 is 3.04 bits per heavy atom. The van der Waals surface area contributed by atoms with E-state index in [4.69, 9.17) is 4.74 Å². The monoisotopic (exact) mass is 312 g/mol. The summed E-state index contributed by atoms with van der Waals surface area (Å²) in [5, 5.41) is 3.93. The Kier molecular flexibility index (Phi) is 4.73. The van der Waals surface area contributed by atoms with Crippen molar-refractivity contribution in [1.82, 2.24) is 19.9 Å². The predicted molar refractivity (Wildman–Crippen MR) is 88.4 cm³/mol. The van der Waals surface area contributed by atoms with Gasteiger partial charge in [-0.25, -0.2) is 4.98 Å². The first-order valence-electron chi connectivity index (χ1n) is 7.62. The molecule has 2 N–H and O–H groups in total. The van der Waals surface area contributed by atoms with Crippen LogP contribution in [0.5, 0.6) is 0 Å². The third kappa shape index (κ3) is 3.43. The first-order chi connectivity index (χ1) is 11.3. The first kappa shape index (κ1) is 15.3. The summed E-state index contributed by atoms with van der Waals surface area (Å²) in [6, 6.07) is 7.92. The van der Waals surface area contributed by atoms with Crippen LogP contribution >= 0.6 is 0 Å². The number of nitrogens with zero attached hydrogens (tertiary/aromatic N) is 2. The lowest BCUT2D eigenvalue weighted by atomic mass is 10.1. The smallest absolute Gasteiger partial charge is 0.253 e. The predicted octanol–water partition coefficient (Wildman–Crippen LogP) is 1.98. The fourth-order valence-electron chi connectivity index (χ4n) is 2.63. The van der Waals surface area contributed by atoms with Gasteiger partial charge in [-0.2, -0.15) is 0 Å². The minimum Gasteiger partial charge on any atom is -0.383 e. The maximum absolute atomic E-state index is 12.5. The molecule has 3 rings (SSSR count). The molecule has 0 radical (unpaired) electrons. The number of hydrogen-bond acceptors (Lipinski definition) is 3. The Morgan fingerprint density at radius 2 is 2.26 bits per heavy atom. The highest BCUT2D eigenvalue weighted by atomic mass is 16.5. The normalized spacial score (nSPS) is 11.0. The van der Waals surface area contributed by atoms with E-state index in [1.807, 2.05) is 30.5 Å². The van der Waals surface area contributed by atoms with Gasteiger partial charge in [0, 0.05) is 55.6 Å². The van der Waals surface area contributed by atoms with Crippen molar-refractivity contribution >= 4 is 16.8 Å². The highest BCUT2D eigenvalue weighted by Crippen LogP contribution is 2.21. The minimum absolute atomic E-state index is 0.0584. The van der Waals surface area contributed by atoms with Crippen LogP contribution in [0.4, 0.5) is 0 Å². The van der Waals surface area contributed by atoms with Gasteiger partial charge >= 0.3 is 0 Å². The number of para-hydroxylation sites is 1. The zero-order chi connectivity index (χ0) is 16.1. The summed E-state index contributed by atoms with van der Waals surface area (Å²) in [5.41, 5.74) is 2.75. The van der Waals surface area contributed by atoms with Crippen LogP contribution in [0.1, 0.15) is 16.1 Å². The van der Waals surface area contributed by atoms with Crippen LogP contribution in [0.15, 0.2) is 43.0 Å². The molecule has 0 bridgehead atoms. The van der Waals surface area contributed by atoms with Gasteiger partial charge in [-0.05, 0) is 6.07 Å². The van der Waals surface area contributed by atoms with Crippen molar-refractivity contribution in [3.8, 4) is 0 Å². The number of amides is 1. The minimum atomic E-state index is -0.0584. The number of imidazole rings is 1. The topological polar surface area (TPSA) is 71.9 Å². The number of aromatic nitrogens is 3. The van der Waals surface area contributed by atoms with Gasteiger partial charge in [-0.1, -0.05) is 18.2 Å². The lowest BCUT2D eigenvalue weighted by Gasteiger charge is -2.03. The molecule has 0 saturated heterocycles. The second-order valence-corrected chi connectivity index (χ2v) is 5.33. The molecule has 0 aliphatic carbocycles. The summed E-state index contributed by atoms with van der Waals surface area (Å²) in [6.45, 7) is 1.90. The molecule has 0 atom stereocenters. The van der Waals surface area contributed by atoms with Gasteiger partial charge in [0.05, 0.1) is 18.5 Å². The van der Waals surface area contributed by atoms with E-state index in [1.54, 1.807) is 19.6 Å². The maximum Gasteiger partial charge on any atom is 0.253 e. The van der Waals surface area contributed by atoms with Crippen molar-refractivity contribution in [2.45, 2.75) is 13.0 Å². The number of fused-ring (bicyclic) bond motifs is 1. The Morgan fingerprint density at radius 1 is 1.39 bits per heavy atom. The third-order valence-corrected chi connectivity index (χ3v) is 3.80. The van der Waals surface area contributed by atoms with Crippen molar-refractivity contribution in [3.63, 3.8) is 0 Å². The summed E-state index contributed by atoms with van der Waals surface area (Å²) >= 11 is 0. The fourth-order valence-corrected chi connectivity index (χ4v) is 2.63. The quantitative estimate of drug-likeness (QED) is 0.701. The summed E-state index contributed by atoms with van der Waals surface area (Å²) in [6.07, 6.45) is 6.03. The molecule has 120 valence electrons. The van der Waals surface area contributed by atoms with E-state index in [0.29, 0.717) is 18.7 Å². The van der Waals surface area contributed by atoms with Crippen molar-refractivity contribution in [3.05, 3.63) is 54.2 Å².